The van der Waals surface area contributed by atoms with Crippen molar-refractivity contribution in [2.75, 3.05) is 12.0 Å². The number of carbonyl (C=O) groups excluding carboxylic acids is 4. The van der Waals surface area contributed by atoms with Crippen LogP contribution in [0.25, 0.3) is 0 Å². The van der Waals surface area contributed by atoms with Gasteiger partial charge in [0.05, 0.1) is 17.3 Å². The van der Waals surface area contributed by atoms with E-state index in [-0.39, 0.29) is 36.0 Å². The molecule has 0 radical (unpaired) electrons. The molecule has 0 spiro atoms. The molecule has 1 aromatic rings. The van der Waals surface area contributed by atoms with Crippen LogP contribution in [0.1, 0.15) is 36.8 Å². The van der Waals surface area contributed by atoms with Gasteiger partial charge in [-0.3, -0.25) is 29.0 Å². The molecule has 2 heterocycles. The fraction of sp³-hybridized carbons (Fsp3) is 0.462. The van der Waals surface area contributed by atoms with Gasteiger partial charge in [-0.2, -0.15) is 0 Å². The number of likely N-dealkylation sites (tertiary alicyclic amines) is 2. The van der Waals surface area contributed by atoms with E-state index in [1.807, 2.05) is 6.08 Å². The Hall–Kier alpha value is -2.16. The van der Waals surface area contributed by atoms with Crippen molar-refractivity contribution in [1.82, 2.24) is 9.80 Å². The van der Waals surface area contributed by atoms with E-state index >= 15 is 0 Å². The van der Waals surface area contributed by atoms with Gasteiger partial charge >= 0.3 is 0 Å². The van der Waals surface area contributed by atoms with E-state index in [2.05, 4.69) is 22.5 Å². The summed E-state index contributed by atoms with van der Waals surface area (Å²) in [5.74, 6) is -4.78. The first-order chi connectivity index (χ1) is 17.1. The molecule has 0 bridgehead atoms. The molecule has 190 valence electrons. The van der Waals surface area contributed by atoms with Crippen LogP contribution in [0, 0.1) is 17.8 Å². The molecule has 0 unspecified atom stereocenters. The van der Waals surface area contributed by atoms with E-state index in [1.165, 1.54) is 4.90 Å². The summed E-state index contributed by atoms with van der Waals surface area (Å²) < 4.78 is 0. The summed E-state index contributed by atoms with van der Waals surface area (Å²) in [6.07, 6.45) is 4.11. The van der Waals surface area contributed by atoms with E-state index in [1.54, 1.807) is 31.2 Å². The molecule has 2 aliphatic carbocycles. The van der Waals surface area contributed by atoms with Crippen molar-refractivity contribution in [3.05, 3.63) is 53.6 Å². The highest BCUT2D eigenvalue weighted by Gasteiger charge is 2.76. The molecular weight excluding hydrogens is 571 g/mol. The van der Waals surface area contributed by atoms with Crippen LogP contribution in [-0.2, 0) is 25.6 Å². The number of amides is 4. The second-order valence-corrected chi connectivity index (χ2v) is 11.5. The second-order valence-electron chi connectivity index (χ2n) is 9.76. The quantitative estimate of drug-likeness (QED) is 0.241. The number of nitrogens with zero attached hydrogens (tertiary/aromatic N) is 2. The molecule has 2 aliphatic heterocycles. The summed E-state index contributed by atoms with van der Waals surface area (Å²) in [6.45, 7) is 5.73. The Morgan fingerprint density at radius 2 is 1.86 bits per heavy atom. The number of fused-ring (bicyclic) bond motifs is 4. The minimum absolute atomic E-state index is 0.0633. The molecule has 10 heteroatoms. The zero-order chi connectivity index (χ0) is 26.2. The smallest absolute Gasteiger partial charge is 0.254 e. The molecule has 3 fully saturated rings. The summed E-state index contributed by atoms with van der Waals surface area (Å²) in [5.41, 5.74) is 1.49. The Bertz CT molecular complexity index is 1250. The second kappa shape index (κ2) is 8.71. The lowest BCUT2D eigenvalue weighted by atomic mass is 9.56. The average Bonchev–Trinajstić information content (AvgIpc) is 3.18. The Morgan fingerprint density at radius 3 is 2.50 bits per heavy atom. The van der Waals surface area contributed by atoms with Crippen LogP contribution in [0.5, 0.6) is 5.75 Å². The van der Waals surface area contributed by atoms with Crippen LogP contribution in [0.3, 0.4) is 0 Å². The number of halogens is 3. The van der Waals surface area contributed by atoms with Crippen molar-refractivity contribution >= 4 is 62.8 Å². The Kier molecular flexibility index (Phi) is 6.16. The van der Waals surface area contributed by atoms with E-state index in [9.17, 15) is 24.3 Å². The van der Waals surface area contributed by atoms with E-state index < -0.39 is 45.2 Å². The number of imide groups is 2. The van der Waals surface area contributed by atoms with Gasteiger partial charge in [0.1, 0.15) is 5.75 Å². The maximum atomic E-state index is 13.7. The summed E-state index contributed by atoms with van der Waals surface area (Å²) in [4.78, 5) is 52.1. The molecule has 5 rings (SSSR count). The summed E-state index contributed by atoms with van der Waals surface area (Å²) in [6, 6.07) is 5.15. The van der Waals surface area contributed by atoms with Crippen LogP contribution >= 0.6 is 39.1 Å². The lowest BCUT2D eigenvalue weighted by Gasteiger charge is -2.50. The molecule has 1 aromatic carbocycles. The Morgan fingerprint density at radius 1 is 1.14 bits per heavy atom. The van der Waals surface area contributed by atoms with Crippen LogP contribution in [0.2, 0.25) is 0 Å². The van der Waals surface area contributed by atoms with Gasteiger partial charge in [-0.15, -0.1) is 29.8 Å². The van der Waals surface area contributed by atoms with Gasteiger partial charge in [0, 0.05) is 18.0 Å². The number of alkyl halides is 3. The van der Waals surface area contributed by atoms with Gasteiger partial charge in [0.15, 0.2) is 9.75 Å². The number of benzene rings is 1. The van der Waals surface area contributed by atoms with Crippen LogP contribution < -0.4 is 0 Å². The van der Waals surface area contributed by atoms with Crippen molar-refractivity contribution < 1.29 is 24.3 Å². The first kappa shape index (κ1) is 25.5. The number of phenolic OH excluding ortho intramolecular Hbond substituents is 1. The van der Waals surface area contributed by atoms with E-state index in [0.717, 1.165) is 4.90 Å². The molecule has 6 atom stereocenters. The van der Waals surface area contributed by atoms with E-state index in [4.69, 9.17) is 23.2 Å². The third-order valence-corrected chi connectivity index (χ3v) is 10.2. The topological polar surface area (TPSA) is 95.0 Å². The molecule has 4 amide bonds. The van der Waals surface area contributed by atoms with Gasteiger partial charge in [-0.25, -0.2) is 0 Å². The number of phenols is 1. The fourth-order valence-corrected chi connectivity index (χ4v) is 8.06. The first-order valence-electron chi connectivity index (χ1n) is 11.8. The molecule has 0 aromatic heterocycles. The highest BCUT2D eigenvalue weighted by atomic mass is 79.9. The predicted molar refractivity (Wildman–Crippen MR) is 138 cm³/mol. The number of hydrogen-bond donors (Lipinski definition) is 1. The number of rotatable bonds is 5. The van der Waals surface area contributed by atoms with Crippen LogP contribution in [-0.4, -0.2) is 60.3 Å². The molecular formula is C26H25BrCl2N2O5. The van der Waals surface area contributed by atoms with Crippen molar-refractivity contribution in [1.29, 1.82) is 0 Å². The number of allylic oxidation sites excluding steroid dienone is 3. The molecule has 36 heavy (non-hydrogen) atoms. The SMILES string of the molecule is C=CCc1cccc([C@H]2C3=CC[C@@H]4C(=O)N(CC)C(=O)[C@@H]4[C@@H]3C[C@@]3(Cl)C(=O)N(CBr)C(=O)[C@@]23Cl)c1O. The minimum atomic E-state index is -1.94. The molecule has 1 N–H and O–H groups in total. The zero-order valence-electron chi connectivity index (χ0n) is 19.5. The van der Waals surface area contributed by atoms with Gasteiger partial charge in [0.2, 0.25) is 11.8 Å². The normalized spacial score (nSPS) is 35.5. The average molecular weight is 596 g/mol. The van der Waals surface area contributed by atoms with Crippen molar-refractivity contribution in [3.63, 3.8) is 0 Å². The van der Waals surface area contributed by atoms with E-state index in [0.29, 0.717) is 29.5 Å². The third-order valence-electron chi connectivity index (χ3n) is 8.25. The maximum Gasteiger partial charge on any atom is 0.254 e. The molecule has 2 saturated heterocycles. The Labute approximate surface area is 227 Å². The van der Waals surface area contributed by atoms with Crippen LogP contribution in [0.15, 0.2) is 42.5 Å². The van der Waals surface area contributed by atoms with Gasteiger partial charge in [-0.05, 0) is 37.7 Å². The summed E-state index contributed by atoms with van der Waals surface area (Å²) in [7, 11) is 0. The van der Waals surface area contributed by atoms with Gasteiger partial charge < -0.3 is 5.11 Å². The van der Waals surface area contributed by atoms with Gasteiger partial charge in [0.25, 0.3) is 11.8 Å². The number of hydrogen-bond acceptors (Lipinski definition) is 5. The monoisotopic (exact) mass is 594 g/mol. The van der Waals surface area contributed by atoms with Crippen molar-refractivity contribution in [2.24, 2.45) is 17.8 Å². The van der Waals surface area contributed by atoms with Crippen molar-refractivity contribution in [2.45, 2.75) is 41.9 Å². The highest BCUT2D eigenvalue weighted by molar-refractivity contribution is 9.09. The van der Waals surface area contributed by atoms with Crippen LogP contribution in [0.4, 0.5) is 0 Å². The number of carbonyl (C=O) groups is 4. The lowest BCUT2D eigenvalue weighted by molar-refractivity contribution is -0.141. The third kappa shape index (κ3) is 3.04. The highest BCUT2D eigenvalue weighted by Crippen LogP contribution is 2.66. The summed E-state index contributed by atoms with van der Waals surface area (Å²) >= 11 is 17.5. The fourth-order valence-electron chi connectivity index (χ4n) is 6.64. The first-order valence-corrected chi connectivity index (χ1v) is 13.7. The maximum absolute atomic E-state index is 13.7. The molecule has 7 nitrogen and oxygen atoms in total. The lowest BCUT2D eigenvalue weighted by Crippen LogP contribution is -2.60. The minimum Gasteiger partial charge on any atom is -0.507 e. The Balaban J connectivity index is 1.76. The van der Waals surface area contributed by atoms with Crippen molar-refractivity contribution in [3.8, 4) is 5.75 Å². The standard InChI is InChI=1S/C26H25BrCl2N2O5/c1-3-6-13-7-5-8-16(20(13)32)19-14-9-10-15-18(22(34)30(4-2)21(15)33)17(14)11-25(28)23(35)31(12-27)24(36)26(19,25)29/h3,5,7-9,15,17-19,32H,1,4,6,10-12H2,2H3/t15-,17+,18-,19+,25+,26-/m0/s1. The van der Waals surface area contributed by atoms with Gasteiger partial charge in [-0.1, -0.05) is 51.9 Å². The number of aromatic hydroxyl groups is 1. The largest absolute Gasteiger partial charge is 0.507 e. The molecule has 4 aliphatic rings. The zero-order valence-corrected chi connectivity index (χ0v) is 22.6. The predicted octanol–water partition coefficient (Wildman–Crippen LogP) is 3.85. The number of para-hydroxylation sites is 1. The summed E-state index contributed by atoms with van der Waals surface area (Å²) in [5, 5.41) is 11.3. The molecule has 1 saturated carbocycles.